The Morgan fingerprint density at radius 2 is 1.69 bits per heavy atom. The summed E-state index contributed by atoms with van der Waals surface area (Å²) in [6, 6.07) is 17.5. The van der Waals surface area contributed by atoms with Gasteiger partial charge in [-0.15, -0.1) is 0 Å². The molecule has 1 aliphatic rings. The molecule has 3 amide bonds. The van der Waals surface area contributed by atoms with Gasteiger partial charge in [0.15, 0.2) is 11.6 Å². The Balaban J connectivity index is 0.00000289. The highest BCUT2D eigenvalue weighted by Gasteiger charge is 2.26. The third-order valence-corrected chi connectivity index (χ3v) is 4.55. The van der Waals surface area contributed by atoms with Crippen molar-refractivity contribution in [3.05, 3.63) is 77.9 Å². The van der Waals surface area contributed by atoms with Gasteiger partial charge in [0.05, 0.1) is 12.1 Å². The Morgan fingerprint density at radius 1 is 0.938 bits per heavy atom. The highest BCUT2D eigenvalue weighted by molar-refractivity contribution is 6.06. The van der Waals surface area contributed by atoms with Gasteiger partial charge in [-0.05, 0) is 42.5 Å². The Kier molecular flexibility index (Phi) is 6.69. The fourth-order valence-corrected chi connectivity index (χ4v) is 3.06. The molecule has 0 unspecified atom stereocenters. The van der Waals surface area contributed by atoms with E-state index >= 15 is 0 Å². The smallest absolute Gasteiger partial charge is 0.335 e. The third kappa shape index (κ3) is 4.84. The average molecular weight is 434 g/mol. The van der Waals surface area contributed by atoms with Crippen LogP contribution in [0, 0.1) is 0 Å². The van der Waals surface area contributed by atoms with E-state index < -0.39 is 11.9 Å². The molecule has 3 aromatic rings. The van der Waals surface area contributed by atoms with E-state index in [2.05, 4.69) is 15.6 Å². The minimum absolute atomic E-state index is 0. The lowest BCUT2D eigenvalue weighted by Crippen LogP contribution is -2.41. The summed E-state index contributed by atoms with van der Waals surface area (Å²) >= 11 is 0. The van der Waals surface area contributed by atoms with Crippen molar-refractivity contribution in [2.45, 2.75) is 7.43 Å². The van der Waals surface area contributed by atoms with Crippen molar-refractivity contribution in [1.29, 1.82) is 0 Å². The molecule has 0 aliphatic carbocycles. The van der Waals surface area contributed by atoms with Crippen LogP contribution in [-0.4, -0.2) is 41.1 Å². The number of urea groups is 1. The summed E-state index contributed by atoms with van der Waals surface area (Å²) in [4.78, 5) is 42.2. The van der Waals surface area contributed by atoms with Crippen molar-refractivity contribution in [3.8, 4) is 5.75 Å². The lowest BCUT2D eigenvalue weighted by atomic mass is 10.1. The van der Waals surface area contributed by atoms with Crippen LogP contribution < -0.4 is 20.3 Å². The quantitative estimate of drug-likeness (QED) is 0.569. The zero-order chi connectivity index (χ0) is 21.8. The lowest BCUT2D eigenvalue weighted by Gasteiger charge is -2.28. The van der Waals surface area contributed by atoms with E-state index in [1.54, 1.807) is 24.3 Å². The first-order valence-corrected chi connectivity index (χ1v) is 9.43. The number of fused-ring (bicyclic) bond motifs is 1. The Labute approximate surface area is 184 Å². The van der Waals surface area contributed by atoms with Crippen LogP contribution in [0.5, 0.6) is 5.75 Å². The van der Waals surface area contributed by atoms with Gasteiger partial charge in [0.2, 0.25) is 0 Å². The maximum atomic E-state index is 12.8. The number of hydrogen-bond donors (Lipinski definition) is 3. The SMILES string of the molecule is C.O=C(O)c1cccc(C(=O)Nc2ccc3c(n2)N(C(=O)Nc2ccccc2)CCO3)c1. The van der Waals surface area contributed by atoms with Crippen LogP contribution in [0.2, 0.25) is 0 Å². The number of amides is 3. The first-order valence-electron chi connectivity index (χ1n) is 9.43. The minimum atomic E-state index is -1.13. The van der Waals surface area contributed by atoms with Crippen molar-refractivity contribution in [3.63, 3.8) is 0 Å². The number of carboxylic acids is 1. The number of para-hydroxylation sites is 1. The second kappa shape index (κ2) is 9.61. The number of rotatable bonds is 4. The van der Waals surface area contributed by atoms with Gasteiger partial charge in [-0.2, -0.15) is 0 Å². The summed E-state index contributed by atoms with van der Waals surface area (Å²) in [5, 5.41) is 14.5. The van der Waals surface area contributed by atoms with Gasteiger partial charge in [-0.3, -0.25) is 9.69 Å². The van der Waals surface area contributed by atoms with Gasteiger partial charge in [0.25, 0.3) is 5.91 Å². The molecule has 0 bridgehead atoms. The summed E-state index contributed by atoms with van der Waals surface area (Å²) in [5.41, 5.74) is 0.820. The second-order valence-electron chi connectivity index (χ2n) is 6.65. The molecule has 4 rings (SSSR count). The molecular weight excluding hydrogens is 412 g/mol. The van der Waals surface area contributed by atoms with Crippen LogP contribution in [0.1, 0.15) is 28.1 Å². The van der Waals surface area contributed by atoms with Gasteiger partial charge in [-0.25, -0.2) is 14.6 Å². The largest absolute Gasteiger partial charge is 0.488 e. The van der Waals surface area contributed by atoms with Crippen molar-refractivity contribution < 1.29 is 24.2 Å². The van der Waals surface area contributed by atoms with E-state index in [4.69, 9.17) is 9.84 Å². The van der Waals surface area contributed by atoms with E-state index in [0.29, 0.717) is 18.0 Å². The topological polar surface area (TPSA) is 121 Å². The van der Waals surface area contributed by atoms with E-state index in [9.17, 15) is 14.4 Å². The van der Waals surface area contributed by atoms with Gasteiger partial charge < -0.3 is 20.5 Å². The standard InChI is InChI=1S/C22H18N4O5.CH4/c27-20(14-5-4-6-15(13-14)21(28)29)25-18-10-9-17-19(24-18)26(11-12-31-17)22(30)23-16-7-2-1-3-8-16;/h1-10,13H,11-12H2,(H,23,30)(H,28,29)(H,24,25,27);1H4. The molecular formula is C23H22N4O5. The molecule has 0 radical (unpaired) electrons. The molecule has 1 aliphatic heterocycles. The van der Waals surface area contributed by atoms with Crippen LogP contribution >= 0.6 is 0 Å². The number of nitrogens with one attached hydrogen (secondary N) is 2. The fourth-order valence-electron chi connectivity index (χ4n) is 3.06. The van der Waals surface area contributed by atoms with E-state index in [1.165, 1.54) is 29.2 Å². The van der Waals surface area contributed by atoms with E-state index in [-0.39, 0.29) is 42.8 Å². The van der Waals surface area contributed by atoms with E-state index in [1.807, 2.05) is 18.2 Å². The van der Waals surface area contributed by atoms with Crippen LogP contribution in [0.15, 0.2) is 66.7 Å². The van der Waals surface area contributed by atoms with Crippen LogP contribution in [0.3, 0.4) is 0 Å². The summed E-state index contributed by atoms with van der Waals surface area (Å²) in [6.07, 6.45) is 0. The molecule has 3 N–H and O–H groups in total. The lowest BCUT2D eigenvalue weighted by molar-refractivity contribution is 0.0697. The number of carboxylic acid groups (broad SMARTS) is 1. The van der Waals surface area contributed by atoms with Crippen LogP contribution in [0.25, 0.3) is 0 Å². The van der Waals surface area contributed by atoms with Gasteiger partial charge >= 0.3 is 12.0 Å². The molecule has 1 aromatic heterocycles. The molecule has 0 saturated carbocycles. The molecule has 9 heteroatoms. The van der Waals surface area contributed by atoms with E-state index in [0.717, 1.165) is 0 Å². The van der Waals surface area contributed by atoms with Crippen molar-refractivity contribution in [2.24, 2.45) is 0 Å². The molecule has 2 aromatic carbocycles. The fraction of sp³-hybridized carbons (Fsp3) is 0.130. The predicted octanol–water partition coefficient (Wildman–Crippen LogP) is 4.10. The maximum Gasteiger partial charge on any atom is 0.335 e. The Bertz CT molecular complexity index is 1150. The number of hydrogen-bond acceptors (Lipinski definition) is 5. The monoisotopic (exact) mass is 434 g/mol. The average Bonchev–Trinajstić information content (AvgIpc) is 2.79. The number of pyridine rings is 1. The number of benzene rings is 2. The van der Waals surface area contributed by atoms with Gasteiger partial charge in [0, 0.05) is 11.3 Å². The molecule has 2 heterocycles. The number of ether oxygens (including phenoxy) is 1. The zero-order valence-corrected chi connectivity index (χ0v) is 16.2. The Morgan fingerprint density at radius 3 is 2.44 bits per heavy atom. The Hall–Kier alpha value is -4.40. The number of nitrogens with zero attached hydrogens (tertiary/aromatic N) is 2. The highest BCUT2D eigenvalue weighted by atomic mass is 16.5. The van der Waals surface area contributed by atoms with Crippen molar-refractivity contribution in [1.82, 2.24) is 4.98 Å². The zero-order valence-electron chi connectivity index (χ0n) is 16.2. The van der Waals surface area contributed by atoms with Crippen LogP contribution in [-0.2, 0) is 0 Å². The third-order valence-electron chi connectivity index (χ3n) is 4.55. The summed E-state index contributed by atoms with van der Waals surface area (Å²) in [5.74, 6) is -0.754. The number of carbonyl (C=O) groups is 3. The summed E-state index contributed by atoms with van der Waals surface area (Å²) in [7, 11) is 0. The van der Waals surface area contributed by atoms with Crippen LogP contribution in [0.4, 0.5) is 22.1 Å². The number of carbonyl (C=O) groups excluding carboxylic acids is 2. The molecule has 0 atom stereocenters. The molecule has 0 spiro atoms. The summed E-state index contributed by atoms with van der Waals surface area (Å²) in [6.45, 7) is 0.599. The normalized spacial score (nSPS) is 11.9. The first kappa shape index (κ1) is 22.3. The second-order valence-corrected chi connectivity index (χ2v) is 6.65. The number of aromatic nitrogens is 1. The molecule has 0 saturated heterocycles. The first-order chi connectivity index (χ1) is 15.0. The summed E-state index contributed by atoms with van der Waals surface area (Å²) < 4.78 is 5.58. The van der Waals surface area contributed by atoms with Crippen molar-refractivity contribution in [2.75, 3.05) is 28.7 Å². The molecule has 0 fully saturated rings. The van der Waals surface area contributed by atoms with Gasteiger partial charge in [-0.1, -0.05) is 31.7 Å². The van der Waals surface area contributed by atoms with Gasteiger partial charge in [0.1, 0.15) is 12.4 Å². The number of aromatic carboxylic acids is 1. The predicted molar refractivity (Wildman–Crippen MR) is 121 cm³/mol. The highest BCUT2D eigenvalue weighted by Crippen LogP contribution is 2.31. The van der Waals surface area contributed by atoms with Crippen molar-refractivity contribution >= 4 is 35.2 Å². The molecule has 9 nitrogen and oxygen atoms in total. The number of anilines is 3. The minimum Gasteiger partial charge on any atom is -0.488 e. The molecule has 164 valence electrons. The maximum absolute atomic E-state index is 12.8. The molecule has 32 heavy (non-hydrogen) atoms.